The average Bonchev–Trinajstić information content (AvgIpc) is 2.95. The summed E-state index contributed by atoms with van der Waals surface area (Å²) in [5, 5.41) is 18.2. The van der Waals surface area contributed by atoms with Gasteiger partial charge >= 0.3 is 18.3 Å². The predicted octanol–water partition coefficient (Wildman–Crippen LogP) is 3.93. The molecule has 0 radical (unpaired) electrons. The van der Waals surface area contributed by atoms with E-state index in [0.717, 1.165) is 0 Å². The van der Waals surface area contributed by atoms with E-state index in [-0.39, 0.29) is 29.7 Å². The summed E-state index contributed by atoms with van der Waals surface area (Å²) in [6.07, 6.45) is -10.5. The second-order valence-electron chi connectivity index (χ2n) is 6.87. The van der Waals surface area contributed by atoms with Crippen LogP contribution in [0.1, 0.15) is 32.6 Å². The van der Waals surface area contributed by atoms with Gasteiger partial charge in [0, 0.05) is 5.57 Å². The highest BCUT2D eigenvalue weighted by molar-refractivity contribution is 5.85. The molecule has 9 heteroatoms. The number of hydrogen-bond donors (Lipinski definition) is 2. The fourth-order valence-electron chi connectivity index (χ4n) is 4.06. The predicted molar refractivity (Wildman–Crippen MR) is 70.9 cm³/mol. The van der Waals surface area contributed by atoms with Crippen LogP contribution in [0.25, 0.3) is 0 Å². The van der Waals surface area contributed by atoms with Gasteiger partial charge in [-0.3, -0.25) is 0 Å². The Balaban J connectivity index is 2.11. The first-order chi connectivity index (χ1) is 10.8. The summed E-state index contributed by atoms with van der Waals surface area (Å²) in [5.74, 6) is -2.63. The Morgan fingerprint density at radius 1 is 1.04 bits per heavy atom. The third-order valence-corrected chi connectivity index (χ3v) is 5.36. The quantitative estimate of drug-likeness (QED) is 0.590. The van der Waals surface area contributed by atoms with E-state index in [0.29, 0.717) is 12.8 Å². The minimum Gasteiger partial charge on any atom is -0.478 e. The molecule has 0 aliphatic heterocycles. The first-order valence-corrected chi connectivity index (χ1v) is 7.54. The summed E-state index contributed by atoms with van der Waals surface area (Å²) in [5.41, 5.74) is -4.58. The van der Waals surface area contributed by atoms with E-state index in [2.05, 4.69) is 0 Å². The highest BCUT2D eigenvalue weighted by Crippen LogP contribution is 2.57. The van der Waals surface area contributed by atoms with E-state index in [9.17, 15) is 36.2 Å². The molecule has 24 heavy (non-hydrogen) atoms. The number of rotatable bonds is 4. The Morgan fingerprint density at radius 3 is 1.96 bits per heavy atom. The molecule has 2 rings (SSSR count). The Bertz CT molecular complexity index is 522. The first kappa shape index (κ1) is 19.1. The third-order valence-electron chi connectivity index (χ3n) is 5.36. The highest BCUT2D eigenvalue weighted by Gasteiger charge is 2.71. The number of fused-ring (bicyclic) bond motifs is 2. The first-order valence-electron chi connectivity index (χ1n) is 7.54. The van der Waals surface area contributed by atoms with Crippen LogP contribution in [0.4, 0.5) is 26.3 Å². The highest BCUT2D eigenvalue weighted by atomic mass is 19.4. The van der Waals surface area contributed by atoms with Gasteiger partial charge in [0.05, 0.1) is 0 Å². The molecule has 2 aliphatic rings. The van der Waals surface area contributed by atoms with Crippen molar-refractivity contribution in [2.75, 3.05) is 0 Å². The number of aliphatic carboxylic acids is 1. The Labute approximate surface area is 134 Å². The lowest BCUT2D eigenvalue weighted by Crippen LogP contribution is -2.58. The average molecular weight is 360 g/mol. The van der Waals surface area contributed by atoms with Gasteiger partial charge in [0.1, 0.15) is 0 Å². The van der Waals surface area contributed by atoms with Crippen molar-refractivity contribution in [2.45, 2.75) is 50.6 Å². The zero-order valence-corrected chi connectivity index (χ0v) is 12.8. The fourth-order valence-corrected chi connectivity index (χ4v) is 4.06. The molecule has 138 valence electrons. The van der Waals surface area contributed by atoms with Crippen LogP contribution in [-0.2, 0) is 4.79 Å². The molecule has 2 N–H and O–H groups in total. The smallest absolute Gasteiger partial charge is 0.426 e. The van der Waals surface area contributed by atoms with Crippen LogP contribution in [0, 0.1) is 23.7 Å². The lowest BCUT2D eigenvalue weighted by atomic mass is 9.76. The molecule has 0 heterocycles. The number of carboxylic acid groups (broad SMARTS) is 1. The van der Waals surface area contributed by atoms with E-state index in [4.69, 9.17) is 5.11 Å². The molecule has 0 spiro atoms. The minimum atomic E-state index is -5.79. The van der Waals surface area contributed by atoms with Crippen LogP contribution < -0.4 is 0 Å². The van der Waals surface area contributed by atoms with Crippen molar-refractivity contribution in [3.8, 4) is 0 Å². The summed E-state index contributed by atoms with van der Waals surface area (Å²) in [7, 11) is 0. The van der Waals surface area contributed by atoms with Gasteiger partial charge in [0.15, 0.2) is 0 Å². The zero-order chi connectivity index (χ0) is 18.5. The van der Waals surface area contributed by atoms with Crippen LogP contribution in [0.2, 0.25) is 0 Å². The summed E-state index contributed by atoms with van der Waals surface area (Å²) in [6.45, 7) is 1.40. The Hall–Kier alpha value is -1.25. The zero-order valence-electron chi connectivity index (χ0n) is 12.8. The van der Waals surface area contributed by atoms with E-state index >= 15 is 0 Å². The SMILES string of the molecule is CC(=CC1CC2CC1CC2CC(O)(C(F)(F)F)C(F)(F)F)C(=O)O. The monoisotopic (exact) mass is 360 g/mol. The number of allylic oxidation sites excluding steroid dienone is 1. The maximum absolute atomic E-state index is 12.8. The van der Waals surface area contributed by atoms with E-state index in [1.165, 1.54) is 13.0 Å². The second-order valence-corrected chi connectivity index (χ2v) is 6.87. The van der Waals surface area contributed by atoms with Crippen molar-refractivity contribution in [2.24, 2.45) is 23.7 Å². The van der Waals surface area contributed by atoms with Crippen molar-refractivity contribution in [3.63, 3.8) is 0 Å². The molecule has 4 unspecified atom stereocenters. The molecule has 2 saturated carbocycles. The summed E-state index contributed by atoms with van der Waals surface area (Å²) >= 11 is 0. The van der Waals surface area contributed by atoms with Crippen LogP contribution in [0.15, 0.2) is 11.6 Å². The van der Waals surface area contributed by atoms with E-state index in [1.807, 2.05) is 0 Å². The van der Waals surface area contributed by atoms with Crippen LogP contribution in [0.3, 0.4) is 0 Å². The molecular formula is C15H18F6O3. The maximum Gasteiger partial charge on any atom is 0.426 e. The van der Waals surface area contributed by atoms with Crippen molar-refractivity contribution < 1.29 is 41.4 Å². The normalized spacial score (nSPS) is 31.6. The van der Waals surface area contributed by atoms with Crippen molar-refractivity contribution in [3.05, 3.63) is 11.6 Å². The van der Waals surface area contributed by atoms with Gasteiger partial charge in [0.2, 0.25) is 0 Å². The van der Waals surface area contributed by atoms with Gasteiger partial charge < -0.3 is 10.2 Å². The molecule has 0 amide bonds. The third kappa shape index (κ3) is 3.27. The molecule has 0 saturated heterocycles. The number of carbonyl (C=O) groups is 1. The van der Waals surface area contributed by atoms with Gasteiger partial charge in [-0.2, -0.15) is 26.3 Å². The number of aliphatic hydroxyl groups is 1. The fraction of sp³-hybridized carbons (Fsp3) is 0.800. The molecule has 0 aromatic rings. The lowest BCUT2D eigenvalue weighted by molar-refractivity contribution is -0.373. The topological polar surface area (TPSA) is 57.5 Å². The molecule has 2 bridgehead atoms. The molecule has 4 atom stereocenters. The Kier molecular flexibility index (Phi) is 4.71. The largest absolute Gasteiger partial charge is 0.478 e. The summed E-state index contributed by atoms with van der Waals surface area (Å²) in [6, 6.07) is 0. The standard InChI is InChI=1S/C15H18F6O3/c1-7(12(22)23)2-8-3-10-4-9(8)5-11(10)6-13(24,14(16,17)18)15(19,20)21/h2,8-11,24H,3-6H2,1H3,(H,22,23). The summed E-state index contributed by atoms with van der Waals surface area (Å²) in [4.78, 5) is 10.8. The molecular weight excluding hydrogens is 342 g/mol. The van der Waals surface area contributed by atoms with Crippen molar-refractivity contribution in [1.29, 1.82) is 0 Å². The summed E-state index contributed by atoms with van der Waals surface area (Å²) < 4.78 is 76.7. The molecule has 0 aromatic carbocycles. The second kappa shape index (κ2) is 5.93. The van der Waals surface area contributed by atoms with Crippen molar-refractivity contribution >= 4 is 5.97 Å². The lowest BCUT2D eigenvalue weighted by Gasteiger charge is -2.37. The van der Waals surface area contributed by atoms with E-state index in [1.54, 1.807) is 0 Å². The Morgan fingerprint density at radius 2 is 1.58 bits per heavy atom. The number of halogens is 6. The van der Waals surface area contributed by atoms with Gasteiger partial charge in [-0.25, -0.2) is 4.79 Å². The van der Waals surface area contributed by atoms with Gasteiger partial charge in [-0.15, -0.1) is 0 Å². The number of alkyl halides is 6. The van der Waals surface area contributed by atoms with Gasteiger partial charge in [-0.05, 0) is 56.3 Å². The van der Waals surface area contributed by atoms with Crippen LogP contribution in [0.5, 0.6) is 0 Å². The molecule has 0 aromatic heterocycles. The molecule has 2 fully saturated rings. The van der Waals surface area contributed by atoms with E-state index < -0.39 is 36.3 Å². The van der Waals surface area contributed by atoms with Crippen molar-refractivity contribution in [1.82, 2.24) is 0 Å². The molecule has 2 aliphatic carbocycles. The molecule has 3 nitrogen and oxygen atoms in total. The van der Waals surface area contributed by atoms with Crippen LogP contribution >= 0.6 is 0 Å². The number of hydrogen-bond acceptors (Lipinski definition) is 2. The van der Waals surface area contributed by atoms with Gasteiger partial charge in [0.25, 0.3) is 5.60 Å². The minimum absolute atomic E-state index is 0.117. The number of carboxylic acids is 1. The van der Waals surface area contributed by atoms with Gasteiger partial charge in [-0.1, -0.05) is 6.08 Å². The van der Waals surface area contributed by atoms with Crippen LogP contribution in [-0.4, -0.2) is 34.1 Å². The maximum atomic E-state index is 12.8.